The number of hydrogen-bond donors (Lipinski definition) is 0. The molecule has 0 N–H and O–H groups in total. The molecule has 4 aromatic rings. The zero-order valence-electron chi connectivity index (χ0n) is 18.0. The molecule has 1 aliphatic heterocycles. The van der Waals surface area contributed by atoms with Crippen molar-refractivity contribution < 1.29 is 9.59 Å². The number of carbonyl (C=O) groups is 2. The number of benzene rings is 3. The highest BCUT2D eigenvalue weighted by atomic mass is 79.9. The lowest BCUT2D eigenvalue weighted by atomic mass is 10.1. The average Bonchev–Trinajstić information content (AvgIpc) is 3.32. The van der Waals surface area contributed by atoms with Crippen molar-refractivity contribution >= 4 is 61.5 Å². The minimum absolute atomic E-state index is 0.273. The van der Waals surface area contributed by atoms with E-state index in [1.807, 2.05) is 36.4 Å². The van der Waals surface area contributed by atoms with E-state index in [2.05, 4.69) is 63.9 Å². The Kier molecular flexibility index (Phi) is 5.96. The smallest absolute Gasteiger partial charge is 0.298 e. The molecule has 4 nitrogen and oxygen atoms in total. The summed E-state index contributed by atoms with van der Waals surface area (Å²) in [4.78, 5) is 27.4. The number of anilines is 1. The predicted molar refractivity (Wildman–Crippen MR) is 139 cm³/mol. The van der Waals surface area contributed by atoms with Crippen molar-refractivity contribution in [2.24, 2.45) is 0 Å². The van der Waals surface area contributed by atoms with Crippen molar-refractivity contribution in [1.29, 1.82) is 0 Å². The highest BCUT2D eigenvalue weighted by Crippen LogP contribution is 2.37. The van der Waals surface area contributed by atoms with Gasteiger partial charge in [-0.15, -0.1) is 0 Å². The number of para-hydroxylation sites is 2. The summed E-state index contributed by atoms with van der Waals surface area (Å²) in [6, 6.07) is 23.6. The molecule has 1 aliphatic rings. The van der Waals surface area contributed by atoms with E-state index >= 15 is 0 Å². The highest BCUT2D eigenvalue weighted by Gasteiger charge is 2.36. The van der Waals surface area contributed by atoms with E-state index in [-0.39, 0.29) is 11.1 Å². The molecule has 1 fully saturated rings. The summed E-state index contributed by atoms with van der Waals surface area (Å²) in [7, 11) is 0. The third kappa shape index (κ3) is 4.16. The van der Waals surface area contributed by atoms with Gasteiger partial charge < -0.3 is 4.57 Å². The van der Waals surface area contributed by atoms with Crippen LogP contribution in [0.25, 0.3) is 17.0 Å². The zero-order chi connectivity index (χ0) is 22.9. The number of rotatable bonds is 5. The molecule has 0 radical (unpaired) electrons. The summed E-state index contributed by atoms with van der Waals surface area (Å²) in [6.07, 6.45) is 4.85. The third-order valence-electron chi connectivity index (χ3n) is 5.75. The molecule has 33 heavy (non-hydrogen) atoms. The van der Waals surface area contributed by atoms with E-state index in [9.17, 15) is 9.59 Å². The van der Waals surface area contributed by atoms with Crippen LogP contribution < -0.4 is 4.90 Å². The number of aryl methyl sites for hydroxylation is 1. The van der Waals surface area contributed by atoms with Gasteiger partial charge in [0.05, 0.1) is 16.1 Å². The second-order valence-electron chi connectivity index (χ2n) is 7.86. The van der Waals surface area contributed by atoms with Gasteiger partial charge in [-0.2, -0.15) is 0 Å². The fourth-order valence-corrected chi connectivity index (χ4v) is 5.28. The van der Waals surface area contributed by atoms with Crippen LogP contribution in [-0.2, 0) is 17.8 Å². The molecule has 1 saturated heterocycles. The molecular weight excluding hydrogens is 496 g/mol. The summed E-state index contributed by atoms with van der Waals surface area (Å²) in [5.41, 5.74) is 5.14. The fourth-order valence-electron chi connectivity index (χ4n) is 4.19. The number of halogens is 1. The van der Waals surface area contributed by atoms with Gasteiger partial charge in [-0.3, -0.25) is 9.59 Å². The Labute approximate surface area is 205 Å². The van der Waals surface area contributed by atoms with Crippen molar-refractivity contribution in [1.82, 2.24) is 4.57 Å². The molecule has 0 bridgehead atoms. The minimum atomic E-state index is -0.281. The summed E-state index contributed by atoms with van der Waals surface area (Å²) < 4.78 is 3.29. The Hall–Kier alpha value is -3.09. The molecule has 164 valence electrons. The lowest BCUT2D eigenvalue weighted by Crippen LogP contribution is -2.27. The quantitative estimate of drug-likeness (QED) is 0.262. The van der Waals surface area contributed by atoms with E-state index in [1.165, 1.54) is 16.0 Å². The molecule has 0 atom stereocenters. The van der Waals surface area contributed by atoms with Gasteiger partial charge in [0, 0.05) is 28.2 Å². The van der Waals surface area contributed by atoms with E-state index in [0.29, 0.717) is 10.6 Å². The summed E-state index contributed by atoms with van der Waals surface area (Å²) in [5.74, 6) is -0.281. The summed E-state index contributed by atoms with van der Waals surface area (Å²) in [6.45, 7) is 2.87. The monoisotopic (exact) mass is 516 g/mol. The molecule has 0 unspecified atom stereocenters. The Morgan fingerprint density at radius 1 is 0.939 bits per heavy atom. The number of nitrogens with zero attached hydrogens (tertiary/aromatic N) is 2. The van der Waals surface area contributed by atoms with E-state index < -0.39 is 0 Å². The maximum absolute atomic E-state index is 13.1. The van der Waals surface area contributed by atoms with Crippen LogP contribution in [0.3, 0.4) is 0 Å². The summed E-state index contributed by atoms with van der Waals surface area (Å²) in [5, 5.41) is 0.809. The average molecular weight is 517 g/mol. The van der Waals surface area contributed by atoms with Crippen LogP contribution in [0.4, 0.5) is 10.5 Å². The molecule has 0 saturated carbocycles. The Balaban J connectivity index is 1.57. The van der Waals surface area contributed by atoms with Gasteiger partial charge in [0.25, 0.3) is 11.1 Å². The molecule has 6 heteroatoms. The number of thioether (sulfide) groups is 1. The van der Waals surface area contributed by atoms with Crippen molar-refractivity contribution in [2.75, 3.05) is 4.90 Å². The first-order chi connectivity index (χ1) is 16.0. The topological polar surface area (TPSA) is 42.3 Å². The van der Waals surface area contributed by atoms with Crippen LogP contribution in [0.1, 0.15) is 23.6 Å². The van der Waals surface area contributed by atoms with E-state index in [1.54, 1.807) is 12.1 Å². The molecule has 3 aromatic carbocycles. The Morgan fingerprint density at radius 2 is 1.70 bits per heavy atom. The number of fused-ring (bicyclic) bond motifs is 1. The van der Waals surface area contributed by atoms with Gasteiger partial charge in [-0.25, -0.2) is 4.90 Å². The summed E-state index contributed by atoms with van der Waals surface area (Å²) >= 11 is 4.49. The molecule has 5 rings (SSSR count). The molecule has 0 aliphatic carbocycles. The van der Waals surface area contributed by atoms with E-state index in [4.69, 9.17) is 0 Å². The lowest BCUT2D eigenvalue weighted by molar-refractivity contribution is -0.113. The van der Waals surface area contributed by atoms with Crippen molar-refractivity contribution in [3.05, 3.63) is 105 Å². The van der Waals surface area contributed by atoms with Crippen LogP contribution >= 0.6 is 27.7 Å². The normalized spacial score (nSPS) is 15.2. The van der Waals surface area contributed by atoms with Crippen LogP contribution in [0.5, 0.6) is 0 Å². The molecule has 2 heterocycles. The van der Waals surface area contributed by atoms with Crippen molar-refractivity contribution in [3.63, 3.8) is 0 Å². The third-order valence-corrected chi connectivity index (χ3v) is 7.15. The second kappa shape index (κ2) is 9.04. The second-order valence-corrected chi connectivity index (χ2v) is 9.77. The maximum atomic E-state index is 13.1. The molecule has 1 aromatic heterocycles. The maximum Gasteiger partial charge on any atom is 0.298 e. The standard InChI is InChI=1S/C27H21BrN2O2S/c1-2-19-7-6-10-23-20(17-29(25(19)23)16-18-11-13-21(28)14-12-18)15-24-26(31)30(27(32)33-24)22-8-4-3-5-9-22/h3-15,17H,2,16H2,1H3/b24-15-. The largest absolute Gasteiger partial charge is 0.342 e. The SMILES string of the molecule is CCc1cccc2c(/C=C3\SC(=O)N(c4ccccc4)C3=O)cn(Cc3ccc(Br)cc3)c12. The van der Waals surface area contributed by atoms with Gasteiger partial charge in [0.1, 0.15) is 0 Å². The number of imide groups is 1. The van der Waals surface area contributed by atoms with Crippen LogP contribution in [0.15, 0.2) is 88.4 Å². The minimum Gasteiger partial charge on any atom is -0.342 e. The van der Waals surface area contributed by atoms with Gasteiger partial charge in [0.15, 0.2) is 0 Å². The fraction of sp³-hybridized carbons (Fsp3) is 0.111. The van der Waals surface area contributed by atoms with E-state index in [0.717, 1.165) is 45.7 Å². The highest BCUT2D eigenvalue weighted by molar-refractivity contribution is 9.10. The number of amides is 2. The van der Waals surface area contributed by atoms with Gasteiger partial charge in [0.2, 0.25) is 0 Å². The van der Waals surface area contributed by atoms with Crippen LogP contribution in [0.2, 0.25) is 0 Å². The van der Waals surface area contributed by atoms with Crippen LogP contribution in [-0.4, -0.2) is 15.7 Å². The lowest BCUT2D eigenvalue weighted by Gasteiger charge is -2.11. The zero-order valence-corrected chi connectivity index (χ0v) is 20.4. The predicted octanol–water partition coefficient (Wildman–Crippen LogP) is 7.26. The Bertz CT molecular complexity index is 1390. The van der Waals surface area contributed by atoms with Gasteiger partial charge >= 0.3 is 0 Å². The molecule has 0 spiro atoms. The number of hydrogen-bond acceptors (Lipinski definition) is 3. The first-order valence-corrected chi connectivity index (χ1v) is 12.3. The van der Waals surface area contributed by atoms with Crippen LogP contribution in [0, 0.1) is 0 Å². The molecule has 2 amide bonds. The number of carbonyl (C=O) groups excluding carboxylic acids is 2. The first kappa shape index (κ1) is 21.7. The van der Waals surface area contributed by atoms with Crippen molar-refractivity contribution in [2.45, 2.75) is 19.9 Å². The number of aromatic nitrogens is 1. The van der Waals surface area contributed by atoms with Crippen molar-refractivity contribution in [3.8, 4) is 0 Å². The Morgan fingerprint density at radius 3 is 2.42 bits per heavy atom. The first-order valence-electron chi connectivity index (χ1n) is 10.7. The van der Waals surface area contributed by atoms with Gasteiger partial charge in [-0.05, 0) is 59.7 Å². The van der Waals surface area contributed by atoms with Gasteiger partial charge in [-0.1, -0.05) is 71.4 Å². The molecular formula is C27H21BrN2O2S.